The zero-order valence-corrected chi connectivity index (χ0v) is 11.3. The molecule has 0 aromatic carbocycles. The number of carbonyl (C=O) groups is 2. The van der Waals surface area contributed by atoms with Gasteiger partial charge in [0.15, 0.2) is 5.78 Å². The van der Waals surface area contributed by atoms with Crippen molar-refractivity contribution in [3.8, 4) is 0 Å². The Balaban J connectivity index is 2.86. The molecule has 0 amide bonds. The zero-order chi connectivity index (χ0) is 13.8. The molecule has 1 aliphatic heterocycles. The summed E-state index contributed by atoms with van der Waals surface area (Å²) in [5.41, 5.74) is -2.15. The average molecular weight is 258 g/mol. The van der Waals surface area contributed by atoms with Gasteiger partial charge in [0.1, 0.15) is 5.41 Å². The Bertz CT molecular complexity index is 318. The van der Waals surface area contributed by atoms with Gasteiger partial charge in [-0.05, 0) is 33.6 Å². The second kappa shape index (κ2) is 5.80. The van der Waals surface area contributed by atoms with Crippen LogP contribution < -0.4 is 0 Å². The van der Waals surface area contributed by atoms with Crippen LogP contribution in [0.5, 0.6) is 0 Å². The molecule has 0 bridgehead atoms. The maximum atomic E-state index is 12.1. The van der Waals surface area contributed by atoms with Crippen LogP contribution in [0.15, 0.2) is 0 Å². The highest BCUT2D eigenvalue weighted by atomic mass is 16.5. The van der Waals surface area contributed by atoms with E-state index in [-0.39, 0.29) is 31.8 Å². The average Bonchev–Trinajstić information content (AvgIpc) is 2.27. The number of esters is 1. The van der Waals surface area contributed by atoms with E-state index in [2.05, 4.69) is 0 Å². The van der Waals surface area contributed by atoms with E-state index in [9.17, 15) is 14.7 Å². The summed E-state index contributed by atoms with van der Waals surface area (Å²) in [6.45, 7) is 5.65. The quantitative estimate of drug-likeness (QED) is 0.590. The first-order chi connectivity index (χ1) is 8.32. The van der Waals surface area contributed by atoms with Crippen LogP contribution >= 0.6 is 0 Å². The first-order valence-electron chi connectivity index (χ1n) is 6.32. The Morgan fingerprint density at radius 2 is 2.22 bits per heavy atom. The first-order valence-corrected chi connectivity index (χ1v) is 6.32. The molecule has 0 aliphatic carbocycles. The van der Waals surface area contributed by atoms with Gasteiger partial charge >= 0.3 is 5.97 Å². The van der Waals surface area contributed by atoms with Crippen LogP contribution in [-0.4, -0.2) is 42.3 Å². The summed E-state index contributed by atoms with van der Waals surface area (Å²) in [5.74, 6) is -0.671. The summed E-state index contributed by atoms with van der Waals surface area (Å²) in [4.78, 5) is 24.1. The molecule has 1 N–H and O–H groups in total. The molecule has 0 spiro atoms. The Morgan fingerprint density at radius 3 is 2.72 bits per heavy atom. The number of rotatable bonds is 5. The van der Waals surface area contributed by atoms with E-state index < -0.39 is 17.0 Å². The molecule has 18 heavy (non-hydrogen) atoms. The number of hydrogen-bond acceptors (Lipinski definition) is 5. The molecule has 104 valence electrons. The standard InChI is InChI=1S/C13H22O5/c1-4-18-11(15)13(7-6-12(2,3)16)9-17-8-5-10(13)14/h16H,4-9H2,1-3H3. The molecule has 0 aromatic heterocycles. The highest BCUT2D eigenvalue weighted by Crippen LogP contribution is 2.34. The third kappa shape index (κ3) is 3.53. The monoisotopic (exact) mass is 258 g/mol. The van der Waals surface area contributed by atoms with Crippen molar-refractivity contribution < 1.29 is 24.2 Å². The molecular weight excluding hydrogens is 236 g/mol. The van der Waals surface area contributed by atoms with Crippen molar-refractivity contribution in [1.82, 2.24) is 0 Å². The molecule has 1 fully saturated rings. The second-order valence-corrected chi connectivity index (χ2v) is 5.34. The Labute approximate surface area is 107 Å². The minimum absolute atomic E-state index is 0.0563. The molecule has 1 unspecified atom stereocenters. The number of hydrogen-bond donors (Lipinski definition) is 1. The van der Waals surface area contributed by atoms with Crippen molar-refractivity contribution in [2.24, 2.45) is 5.41 Å². The predicted octanol–water partition coefficient (Wildman–Crippen LogP) is 1.08. The van der Waals surface area contributed by atoms with Crippen molar-refractivity contribution in [3.05, 3.63) is 0 Å². The summed E-state index contributed by atoms with van der Waals surface area (Å²) in [7, 11) is 0. The molecule has 1 rings (SSSR count). The van der Waals surface area contributed by atoms with Crippen LogP contribution in [0.2, 0.25) is 0 Å². The van der Waals surface area contributed by atoms with Gasteiger partial charge in [-0.1, -0.05) is 0 Å². The van der Waals surface area contributed by atoms with Gasteiger partial charge in [0.05, 0.1) is 25.4 Å². The molecule has 1 saturated heterocycles. The fourth-order valence-electron chi connectivity index (χ4n) is 2.01. The summed E-state index contributed by atoms with van der Waals surface area (Å²) in [6, 6.07) is 0. The van der Waals surface area contributed by atoms with Crippen molar-refractivity contribution in [3.63, 3.8) is 0 Å². The molecule has 1 atom stereocenters. The molecular formula is C13H22O5. The SMILES string of the molecule is CCOC(=O)C1(CCC(C)(C)O)COCCC1=O. The number of aliphatic hydroxyl groups is 1. The van der Waals surface area contributed by atoms with E-state index in [0.717, 1.165) is 0 Å². The molecule has 0 radical (unpaired) electrons. The summed E-state index contributed by atoms with van der Waals surface area (Å²) < 4.78 is 10.3. The van der Waals surface area contributed by atoms with Gasteiger partial charge in [-0.15, -0.1) is 0 Å². The van der Waals surface area contributed by atoms with Crippen LogP contribution in [0.1, 0.15) is 40.0 Å². The summed E-state index contributed by atoms with van der Waals surface area (Å²) in [5, 5.41) is 9.76. The molecule has 5 heteroatoms. The lowest BCUT2D eigenvalue weighted by atomic mass is 9.75. The Hall–Kier alpha value is -0.940. The van der Waals surface area contributed by atoms with E-state index in [1.165, 1.54) is 0 Å². The number of ketones is 1. The maximum Gasteiger partial charge on any atom is 0.322 e. The van der Waals surface area contributed by atoms with E-state index in [4.69, 9.17) is 9.47 Å². The molecule has 1 aliphatic rings. The van der Waals surface area contributed by atoms with Crippen molar-refractivity contribution >= 4 is 11.8 Å². The predicted molar refractivity (Wildman–Crippen MR) is 65.0 cm³/mol. The van der Waals surface area contributed by atoms with Crippen molar-refractivity contribution in [1.29, 1.82) is 0 Å². The fourth-order valence-corrected chi connectivity index (χ4v) is 2.01. The molecule has 0 aromatic rings. The molecule has 1 heterocycles. The van der Waals surface area contributed by atoms with E-state index in [1.807, 2.05) is 0 Å². The number of ether oxygens (including phenoxy) is 2. The second-order valence-electron chi connectivity index (χ2n) is 5.34. The van der Waals surface area contributed by atoms with E-state index >= 15 is 0 Å². The van der Waals surface area contributed by atoms with Crippen molar-refractivity contribution in [2.45, 2.75) is 45.6 Å². The van der Waals surface area contributed by atoms with E-state index in [0.29, 0.717) is 13.0 Å². The van der Waals surface area contributed by atoms with Crippen LogP contribution in [-0.2, 0) is 19.1 Å². The Kier molecular flexibility index (Phi) is 4.87. The van der Waals surface area contributed by atoms with Gasteiger partial charge in [0.25, 0.3) is 0 Å². The van der Waals surface area contributed by atoms with E-state index in [1.54, 1.807) is 20.8 Å². The van der Waals surface area contributed by atoms with Crippen LogP contribution in [0.4, 0.5) is 0 Å². The van der Waals surface area contributed by atoms with Gasteiger partial charge < -0.3 is 14.6 Å². The lowest BCUT2D eigenvalue weighted by molar-refractivity contribution is -0.170. The topological polar surface area (TPSA) is 72.8 Å². The zero-order valence-electron chi connectivity index (χ0n) is 11.3. The lowest BCUT2D eigenvalue weighted by Crippen LogP contribution is -2.49. The van der Waals surface area contributed by atoms with Gasteiger partial charge in [-0.3, -0.25) is 9.59 Å². The van der Waals surface area contributed by atoms with Crippen LogP contribution in [0.3, 0.4) is 0 Å². The first kappa shape index (κ1) is 15.1. The smallest absolute Gasteiger partial charge is 0.322 e. The maximum absolute atomic E-state index is 12.1. The minimum Gasteiger partial charge on any atom is -0.465 e. The Morgan fingerprint density at radius 1 is 1.56 bits per heavy atom. The lowest BCUT2D eigenvalue weighted by Gasteiger charge is -2.34. The highest BCUT2D eigenvalue weighted by molar-refractivity contribution is 6.04. The number of Topliss-reactive ketones (excluding diaryl/α,β-unsaturated/α-hetero) is 1. The van der Waals surface area contributed by atoms with Crippen molar-refractivity contribution in [2.75, 3.05) is 19.8 Å². The van der Waals surface area contributed by atoms with Crippen LogP contribution in [0, 0.1) is 5.41 Å². The molecule has 0 saturated carbocycles. The van der Waals surface area contributed by atoms with Gasteiger partial charge in [0.2, 0.25) is 0 Å². The van der Waals surface area contributed by atoms with Gasteiger partial charge in [-0.2, -0.15) is 0 Å². The molecule has 5 nitrogen and oxygen atoms in total. The highest BCUT2D eigenvalue weighted by Gasteiger charge is 2.49. The normalized spacial score (nSPS) is 25.0. The third-order valence-electron chi connectivity index (χ3n) is 3.19. The number of carbonyl (C=O) groups excluding carboxylic acids is 2. The fraction of sp³-hybridized carbons (Fsp3) is 0.846. The van der Waals surface area contributed by atoms with Crippen LogP contribution in [0.25, 0.3) is 0 Å². The summed E-state index contributed by atoms with van der Waals surface area (Å²) >= 11 is 0. The summed E-state index contributed by atoms with van der Waals surface area (Å²) in [6.07, 6.45) is 0.833. The minimum atomic E-state index is -1.23. The van der Waals surface area contributed by atoms with Gasteiger partial charge in [-0.25, -0.2) is 0 Å². The van der Waals surface area contributed by atoms with Gasteiger partial charge in [0, 0.05) is 6.42 Å². The largest absolute Gasteiger partial charge is 0.465 e. The third-order valence-corrected chi connectivity index (χ3v) is 3.19.